The van der Waals surface area contributed by atoms with Crippen LogP contribution in [0.2, 0.25) is 0 Å². The SMILES string of the molecule is COCC(O)Cc1nc(-c2ncn[nH]2)no1. The molecule has 0 aliphatic carbocycles. The van der Waals surface area contributed by atoms with Gasteiger partial charge in [0.05, 0.1) is 19.1 Å². The zero-order valence-electron chi connectivity index (χ0n) is 8.62. The summed E-state index contributed by atoms with van der Waals surface area (Å²) in [5.74, 6) is 1.07. The van der Waals surface area contributed by atoms with Crippen LogP contribution in [0, 0.1) is 0 Å². The molecule has 0 saturated carbocycles. The number of aliphatic hydroxyl groups excluding tert-OH is 1. The molecule has 2 heterocycles. The summed E-state index contributed by atoms with van der Waals surface area (Å²) in [5.41, 5.74) is 0. The Kier molecular flexibility index (Phi) is 3.22. The molecule has 1 unspecified atom stereocenters. The standard InChI is InChI=1S/C8H11N5O3/c1-15-3-5(14)2-6-11-8(13-16-6)7-9-4-10-12-7/h4-5,14H,2-3H2,1H3,(H,9,10,12). The van der Waals surface area contributed by atoms with Gasteiger partial charge in [0.25, 0.3) is 0 Å². The summed E-state index contributed by atoms with van der Waals surface area (Å²) in [5, 5.41) is 19.4. The first kappa shape index (κ1) is 10.7. The number of aromatic nitrogens is 5. The molecule has 0 aromatic carbocycles. The van der Waals surface area contributed by atoms with Crippen molar-refractivity contribution in [3.8, 4) is 11.6 Å². The lowest BCUT2D eigenvalue weighted by molar-refractivity contribution is 0.0599. The molecule has 2 N–H and O–H groups in total. The van der Waals surface area contributed by atoms with Crippen molar-refractivity contribution in [2.75, 3.05) is 13.7 Å². The molecule has 0 spiro atoms. The van der Waals surface area contributed by atoms with Crippen molar-refractivity contribution in [2.45, 2.75) is 12.5 Å². The minimum absolute atomic E-state index is 0.222. The summed E-state index contributed by atoms with van der Waals surface area (Å²) in [7, 11) is 1.51. The second kappa shape index (κ2) is 4.81. The van der Waals surface area contributed by atoms with Gasteiger partial charge in [0.15, 0.2) is 5.82 Å². The van der Waals surface area contributed by atoms with E-state index >= 15 is 0 Å². The van der Waals surface area contributed by atoms with Gasteiger partial charge in [-0.25, -0.2) is 4.98 Å². The Morgan fingerprint density at radius 3 is 3.19 bits per heavy atom. The molecule has 0 bridgehead atoms. The lowest BCUT2D eigenvalue weighted by atomic mass is 10.3. The highest BCUT2D eigenvalue weighted by Crippen LogP contribution is 2.09. The van der Waals surface area contributed by atoms with Crippen LogP contribution in [0.1, 0.15) is 5.89 Å². The molecular formula is C8H11N5O3. The van der Waals surface area contributed by atoms with Gasteiger partial charge in [-0.1, -0.05) is 5.16 Å². The number of rotatable bonds is 5. The first-order valence-electron chi connectivity index (χ1n) is 4.65. The lowest BCUT2D eigenvalue weighted by Crippen LogP contribution is -2.17. The number of methoxy groups -OCH3 is 1. The number of nitrogens with zero attached hydrogens (tertiary/aromatic N) is 4. The fourth-order valence-electron chi connectivity index (χ4n) is 1.20. The number of hydrogen-bond acceptors (Lipinski definition) is 7. The summed E-state index contributed by atoms with van der Waals surface area (Å²) < 4.78 is 9.73. The Bertz CT molecular complexity index is 427. The average Bonchev–Trinajstić information content (AvgIpc) is 2.86. The quantitative estimate of drug-likeness (QED) is 0.699. The average molecular weight is 225 g/mol. The van der Waals surface area contributed by atoms with Gasteiger partial charge in [-0.05, 0) is 0 Å². The summed E-state index contributed by atoms with van der Waals surface area (Å²) >= 11 is 0. The Morgan fingerprint density at radius 2 is 2.50 bits per heavy atom. The number of nitrogens with one attached hydrogen (secondary N) is 1. The molecule has 8 heteroatoms. The van der Waals surface area contributed by atoms with E-state index in [4.69, 9.17) is 9.26 Å². The van der Waals surface area contributed by atoms with Gasteiger partial charge < -0.3 is 14.4 Å². The predicted octanol–water partition coefficient (Wildman–Crippen LogP) is -0.596. The molecule has 2 aromatic rings. The molecule has 16 heavy (non-hydrogen) atoms. The zero-order chi connectivity index (χ0) is 11.4. The maximum Gasteiger partial charge on any atom is 0.239 e. The maximum atomic E-state index is 9.45. The molecule has 2 aromatic heterocycles. The van der Waals surface area contributed by atoms with Crippen LogP contribution in [0.5, 0.6) is 0 Å². The molecule has 1 atom stereocenters. The topological polar surface area (TPSA) is 110 Å². The second-order valence-electron chi connectivity index (χ2n) is 3.16. The molecular weight excluding hydrogens is 214 g/mol. The Morgan fingerprint density at radius 1 is 1.62 bits per heavy atom. The number of aliphatic hydroxyl groups is 1. The first-order chi connectivity index (χ1) is 7.79. The molecule has 8 nitrogen and oxygen atoms in total. The third-order valence-electron chi connectivity index (χ3n) is 1.86. The molecule has 0 fully saturated rings. The largest absolute Gasteiger partial charge is 0.390 e. The van der Waals surface area contributed by atoms with E-state index in [1.54, 1.807) is 0 Å². The Hall–Kier alpha value is -1.80. The van der Waals surface area contributed by atoms with Crippen LogP contribution < -0.4 is 0 Å². The van der Waals surface area contributed by atoms with Gasteiger partial charge in [-0.2, -0.15) is 10.1 Å². The van der Waals surface area contributed by atoms with Gasteiger partial charge in [0.1, 0.15) is 6.33 Å². The highest BCUT2D eigenvalue weighted by atomic mass is 16.5. The fourth-order valence-corrected chi connectivity index (χ4v) is 1.20. The van der Waals surface area contributed by atoms with E-state index in [-0.39, 0.29) is 13.0 Å². The van der Waals surface area contributed by atoms with E-state index < -0.39 is 6.10 Å². The molecule has 0 aliphatic heterocycles. The monoisotopic (exact) mass is 225 g/mol. The second-order valence-corrected chi connectivity index (χ2v) is 3.16. The summed E-state index contributed by atoms with van der Waals surface area (Å²) in [6.07, 6.45) is 0.938. The van der Waals surface area contributed by atoms with Crippen molar-refractivity contribution in [1.29, 1.82) is 0 Å². The normalized spacial score (nSPS) is 12.9. The first-order valence-corrected chi connectivity index (χ1v) is 4.65. The third-order valence-corrected chi connectivity index (χ3v) is 1.86. The van der Waals surface area contributed by atoms with Crippen molar-refractivity contribution in [3.05, 3.63) is 12.2 Å². The van der Waals surface area contributed by atoms with E-state index in [9.17, 15) is 5.11 Å². The van der Waals surface area contributed by atoms with E-state index in [2.05, 4.69) is 25.3 Å². The lowest BCUT2D eigenvalue weighted by Gasteiger charge is -2.04. The zero-order valence-corrected chi connectivity index (χ0v) is 8.62. The Balaban J connectivity index is 2.03. The van der Waals surface area contributed by atoms with Crippen molar-refractivity contribution >= 4 is 0 Å². The molecule has 0 amide bonds. The number of H-pyrrole nitrogens is 1. The molecule has 2 rings (SSSR count). The number of hydrogen-bond donors (Lipinski definition) is 2. The van der Waals surface area contributed by atoms with Gasteiger partial charge in [-0.15, -0.1) is 0 Å². The minimum Gasteiger partial charge on any atom is -0.390 e. The number of aromatic amines is 1. The van der Waals surface area contributed by atoms with Crippen molar-refractivity contribution < 1.29 is 14.4 Å². The summed E-state index contributed by atoms with van der Waals surface area (Å²) in [4.78, 5) is 7.92. The van der Waals surface area contributed by atoms with Crippen LogP contribution in [-0.4, -0.2) is 50.2 Å². The van der Waals surface area contributed by atoms with Crippen LogP contribution >= 0.6 is 0 Å². The molecule has 86 valence electrons. The van der Waals surface area contributed by atoms with Crippen molar-refractivity contribution in [1.82, 2.24) is 25.3 Å². The van der Waals surface area contributed by atoms with Crippen molar-refractivity contribution in [3.63, 3.8) is 0 Å². The molecule has 0 aliphatic rings. The number of ether oxygens (including phenoxy) is 1. The van der Waals surface area contributed by atoms with E-state index in [0.717, 1.165) is 0 Å². The summed E-state index contributed by atoms with van der Waals surface area (Å²) in [6.45, 7) is 0.222. The van der Waals surface area contributed by atoms with Gasteiger partial charge in [0.2, 0.25) is 11.7 Å². The van der Waals surface area contributed by atoms with E-state index in [1.807, 2.05) is 0 Å². The van der Waals surface area contributed by atoms with Crippen LogP contribution in [-0.2, 0) is 11.2 Å². The maximum absolute atomic E-state index is 9.45. The van der Waals surface area contributed by atoms with Gasteiger partial charge in [-0.3, -0.25) is 5.10 Å². The predicted molar refractivity (Wildman–Crippen MR) is 51.3 cm³/mol. The van der Waals surface area contributed by atoms with Crippen LogP contribution in [0.4, 0.5) is 0 Å². The highest BCUT2D eigenvalue weighted by molar-refractivity contribution is 5.39. The van der Waals surface area contributed by atoms with Gasteiger partial charge in [0, 0.05) is 7.11 Å². The Labute approximate surface area is 90.7 Å². The summed E-state index contributed by atoms with van der Waals surface area (Å²) in [6, 6.07) is 0. The van der Waals surface area contributed by atoms with Crippen LogP contribution in [0.15, 0.2) is 10.9 Å². The van der Waals surface area contributed by atoms with Crippen LogP contribution in [0.3, 0.4) is 0 Å². The molecule has 0 saturated heterocycles. The van der Waals surface area contributed by atoms with Crippen LogP contribution in [0.25, 0.3) is 11.6 Å². The minimum atomic E-state index is -0.659. The smallest absolute Gasteiger partial charge is 0.239 e. The van der Waals surface area contributed by atoms with E-state index in [1.165, 1.54) is 13.4 Å². The highest BCUT2D eigenvalue weighted by Gasteiger charge is 2.14. The van der Waals surface area contributed by atoms with Crippen molar-refractivity contribution in [2.24, 2.45) is 0 Å². The fraction of sp³-hybridized carbons (Fsp3) is 0.500. The van der Waals surface area contributed by atoms with Gasteiger partial charge >= 0.3 is 0 Å². The van der Waals surface area contributed by atoms with E-state index in [0.29, 0.717) is 17.5 Å². The molecule has 0 radical (unpaired) electrons. The third kappa shape index (κ3) is 2.41.